The average Bonchev–Trinajstić information content (AvgIpc) is 2.89. The number of carboxylic acid groups (broad SMARTS) is 1. The van der Waals surface area contributed by atoms with E-state index in [4.69, 9.17) is 5.11 Å². The van der Waals surface area contributed by atoms with Gasteiger partial charge >= 0.3 is 5.97 Å². The van der Waals surface area contributed by atoms with E-state index in [1.54, 1.807) is 7.05 Å². The first-order valence-electron chi connectivity index (χ1n) is 6.03. The summed E-state index contributed by atoms with van der Waals surface area (Å²) in [7, 11) is -2.10. The van der Waals surface area contributed by atoms with Crippen LogP contribution in [-0.2, 0) is 10.0 Å². The average molecular weight is 287 g/mol. The predicted molar refractivity (Wildman–Crippen MR) is 68.6 cm³/mol. The van der Waals surface area contributed by atoms with Crippen LogP contribution in [0.1, 0.15) is 23.3 Å². The number of piperidine rings is 1. The molecule has 1 fully saturated rings. The summed E-state index contributed by atoms with van der Waals surface area (Å²) in [6.07, 6.45) is 2.73. The molecule has 1 aliphatic heterocycles. The summed E-state index contributed by atoms with van der Waals surface area (Å²) in [5.41, 5.74) is -0.128. The van der Waals surface area contributed by atoms with Gasteiger partial charge in [0.05, 0.1) is 0 Å². The van der Waals surface area contributed by atoms with Crippen molar-refractivity contribution in [3.05, 3.63) is 18.0 Å². The van der Waals surface area contributed by atoms with Crippen LogP contribution in [0.5, 0.6) is 0 Å². The largest absolute Gasteiger partial charge is 0.477 e. The highest BCUT2D eigenvalue weighted by molar-refractivity contribution is 7.89. The molecule has 0 amide bonds. The van der Waals surface area contributed by atoms with Crippen LogP contribution in [0.2, 0.25) is 0 Å². The topological polar surface area (TPSA) is 103 Å². The minimum absolute atomic E-state index is 0.00840. The molecule has 19 heavy (non-hydrogen) atoms. The summed E-state index contributed by atoms with van der Waals surface area (Å²) < 4.78 is 26.1. The third kappa shape index (κ3) is 2.80. The molecule has 2 rings (SSSR count). The van der Waals surface area contributed by atoms with Crippen molar-refractivity contribution < 1.29 is 18.3 Å². The first kappa shape index (κ1) is 14.0. The molecule has 0 spiro atoms. The van der Waals surface area contributed by atoms with E-state index < -0.39 is 16.0 Å². The van der Waals surface area contributed by atoms with Crippen molar-refractivity contribution in [2.75, 3.05) is 20.1 Å². The fourth-order valence-corrected chi connectivity index (χ4v) is 3.59. The molecule has 0 saturated carbocycles. The zero-order valence-electron chi connectivity index (χ0n) is 10.6. The summed E-state index contributed by atoms with van der Waals surface area (Å²) in [6.45, 7) is 1.58. The number of carboxylic acids is 1. The summed E-state index contributed by atoms with van der Waals surface area (Å²) in [4.78, 5) is 13.2. The molecule has 0 aromatic carbocycles. The number of carbonyl (C=O) groups is 1. The van der Waals surface area contributed by atoms with Gasteiger partial charge in [0.2, 0.25) is 10.0 Å². The zero-order valence-corrected chi connectivity index (χ0v) is 11.4. The van der Waals surface area contributed by atoms with E-state index in [9.17, 15) is 13.2 Å². The summed E-state index contributed by atoms with van der Waals surface area (Å²) in [5.74, 6) is -1.18. The lowest BCUT2D eigenvalue weighted by atomic mass is 10.1. The zero-order chi connectivity index (χ0) is 14.0. The lowest BCUT2D eigenvalue weighted by molar-refractivity contribution is 0.0691. The van der Waals surface area contributed by atoms with Crippen LogP contribution < -0.4 is 5.32 Å². The van der Waals surface area contributed by atoms with Crippen molar-refractivity contribution in [2.45, 2.75) is 23.8 Å². The number of rotatable bonds is 4. The molecule has 0 aliphatic carbocycles. The number of hydrogen-bond acceptors (Lipinski definition) is 4. The van der Waals surface area contributed by atoms with Crippen molar-refractivity contribution >= 4 is 16.0 Å². The second-order valence-corrected chi connectivity index (χ2v) is 6.55. The van der Waals surface area contributed by atoms with Gasteiger partial charge in [-0.1, -0.05) is 0 Å². The Bertz CT molecular complexity index is 560. The van der Waals surface area contributed by atoms with Crippen LogP contribution in [0, 0.1) is 0 Å². The number of hydrogen-bond donors (Lipinski definition) is 3. The Hall–Kier alpha value is -1.38. The molecule has 1 aromatic heterocycles. The molecular formula is C11H17N3O4S. The van der Waals surface area contributed by atoms with E-state index in [2.05, 4.69) is 10.3 Å². The molecule has 106 valence electrons. The van der Waals surface area contributed by atoms with Gasteiger partial charge in [0.25, 0.3) is 0 Å². The van der Waals surface area contributed by atoms with Crippen LogP contribution in [0.4, 0.5) is 0 Å². The number of aromatic carboxylic acids is 1. The van der Waals surface area contributed by atoms with Crippen molar-refractivity contribution in [1.29, 1.82) is 0 Å². The van der Waals surface area contributed by atoms with Crippen molar-refractivity contribution in [3.63, 3.8) is 0 Å². The lowest BCUT2D eigenvalue weighted by Crippen LogP contribution is -2.43. The SMILES string of the molecule is CN(C1CCNCC1)S(=O)(=O)c1c[nH]c(C(=O)O)c1. The van der Waals surface area contributed by atoms with Gasteiger partial charge < -0.3 is 15.4 Å². The maximum absolute atomic E-state index is 12.4. The van der Waals surface area contributed by atoms with Crippen molar-refractivity contribution in [1.82, 2.24) is 14.6 Å². The Balaban J connectivity index is 2.22. The van der Waals surface area contributed by atoms with Gasteiger partial charge in [-0.3, -0.25) is 0 Å². The van der Waals surface area contributed by atoms with Gasteiger partial charge in [-0.05, 0) is 32.0 Å². The lowest BCUT2D eigenvalue weighted by Gasteiger charge is -2.30. The third-order valence-corrected chi connectivity index (χ3v) is 5.27. The fourth-order valence-electron chi connectivity index (χ4n) is 2.18. The van der Waals surface area contributed by atoms with E-state index in [1.165, 1.54) is 10.5 Å². The summed E-state index contributed by atoms with van der Waals surface area (Å²) in [5, 5.41) is 12.0. The van der Waals surface area contributed by atoms with E-state index in [0.717, 1.165) is 32.0 Å². The number of nitrogens with one attached hydrogen (secondary N) is 2. The highest BCUT2D eigenvalue weighted by atomic mass is 32.2. The van der Waals surface area contributed by atoms with Gasteiger partial charge in [0.15, 0.2) is 0 Å². The molecule has 2 heterocycles. The molecule has 8 heteroatoms. The minimum atomic E-state index is -3.64. The molecular weight excluding hydrogens is 270 g/mol. The van der Waals surface area contributed by atoms with Gasteiger partial charge in [-0.2, -0.15) is 4.31 Å². The van der Waals surface area contributed by atoms with Gasteiger partial charge in [0, 0.05) is 19.3 Å². The maximum atomic E-state index is 12.4. The highest BCUT2D eigenvalue weighted by Gasteiger charge is 2.30. The maximum Gasteiger partial charge on any atom is 0.352 e. The van der Waals surface area contributed by atoms with Crippen LogP contribution >= 0.6 is 0 Å². The number of nitrogens with zero attached hydrogens (tertiary/aromatic N) is 1. The van der Waals surface area contributed by atoms with Gasteiger partial charge in [-0.25, -0.2) is 13.2 Å². The predicted octanol–water partition coefficient (Wildman–Crippen LogP) is 0.0854. The molecule has 3 N–H and O–H groups in total. The molecule has 0 bridgehead atoms. The number of H-pyrrole nitrogens is 1. The summed E-state index contributed by atoms with van der Waals surface area (Å²) in [6, 6.07) is 1.10. The van der Waals surface area contributed by atoms with Gasteiger partial charge in [0.1, 0.15) is 10.6 Å². The Morgan fingerprint density at radius 1 is 1.42 bits per heavy atom. The van der Waals surface area contributed by atoms with Crippen LogP contribution in [0.25, 0.3) is 0 Å². The molecule has 1 aliphatic rings. The Kier molecular flexibility index (Phi) is 3.93. The molecule has 0 radical (unpaired) electrons. The minimum Gasteiger partial charge on any atom is -0.477 e. The van der Waals surface area contributed by atoms with E-state index in [0.29, 0.717) is 0 Å². The highest BCUT2D eigenvalue weighted by Crippen LogP contribution is 2.21. The standard InChI is InChI=1S/C11H17N3O4S/c1-14(8-2-4-12-5-3-8)19(17,18)9-6-10(11(15)16)13-7-9/h6-8,12-13H,2-5H2,1H3,(H,15,16). The molecule has 1 aromatic rings. The van der Waals surface area contributed by atoms with Crippen molar-refractivity contribution in [2.24, 2.45) is 0 Å². The fraction of sp³-hybridized carbons (Fsp3) is 0.545. The number of aromatic nitrogens is 1. The normalized spacial score (nSPS) is 17.8. The van der Waals surface area contributed by atoms with Crippen molar-refractivity contribution in [3.8, 4) is 0 Å². The smallest absolute Gasteiger partial charge is 0.352 e. The first-order chi connectivity index (χ1) is 8.93. The third-order valence-electron chi connectivity index (χ3n) is 3.39. The van der Waals surface area contributed by atoms with E-state index in [-0.39, 0.29) is 16.6 Å². The molecule has 0 atom stereocenters. The van der Waals surface area contributed by atoms with Crippen LogP contribution in [0.3, 0.4) is 0 Å². The van der Waals surface area contributed by atoms with E-state index in [1.807, 2.05) is 0 Å². The molecule has 0 unspecified atom stereocenters. The number of sulfonamides is 1. The first-order valence-corrected chi connectivity index (χ1v) is 7.47. The Morgan fingerprint density at radius 2 is 2.05 bits per heavy atom. The Morgan fingerprint density at radius 3 is 2.58 bits per heavy atom. The molecule has 7 nitrogen and oxygen atoms in total. The van der Waals surface area contributed by atoms with E-state index >= 15 is 0 Å². The summed E-state index contributed by atoms with van der Waals surface area (Å²) >= 11 is 0. The second kappa shape index (κ2) is 5.32. The monoisotopic (exact) mass is 287 g/mol. The van der Waals surface area contributed by atoms with Gasteiger partial charge in [-0.15, -0.1) is 0 Å². The van der Waals surface area contributed by atoms with Crippen LogP contribution in [0.15, 0.2) is 17.2 Å². The van der Waals surface area contributed by atoms with Crippen LogP contribution in [-0.4, -0.2) is 55.0 Å². The quantitative estimate of drug-likeness (QED) is 0.728. The Labute approximate surface area is 111 Å². The molecule has 1 saturated heterocycles. The number of aromatic amines is 1. The second-order valence-electron chi connectivity index (χ2n) is 4.56.